The van der Waals surface area contributed by atoms with Crippen molar-refractivity contribution in [2.24, 2.45) is 44.9 Å². The lowest BCUT2D eigenvalue weighted by Gasteiger charge is -2.29. The number of primary amides is 1. The third-order valence-electron chi connectivity index (χ3n) is 11.9. The first-order valence-corrected chi connectivity index (χ1v) is 25.6. The van der Waals surface area contributed by atoms with Crippen molar-refractivity contribution in [1.29, 1.82) is 0 Å². The first-order chi connectivity index (χ1) is 38.0. The number of hydrogen-bond donors (Lipinski definition) is 20. The highest BCUT2D eigenvalue weighted by Crippen LogP contribution is 2.13. The van der Waals surface area contributed by atoms with Crippen LogP contribution in [0.5, 0.6) is 5.75 Å². The second-order valence-corrected chi connectivity index (χ2v) is 19.2. The van der Waals surface area contributed by atoms with Gasteiger partial charge in [-0.25, -0.2) is 4.79 Å². The van der Waals surface area contributed by atoms with Crippen molar-refractivity contribution < 1.29 is 88.6 Å². The van der Waals surface area contributed by atoms with E-state index in [-0.39, 0.29) is 56.9 Å². The van der Waals surface area contributed by atoms with Crippen LogP contribution in [0, 0.1) is 11.8 Å². The van der Waals surface area contributed by atoms with Crippen LogP contribution in [0.15, 0.2) is 34.4 Å². The number of phenols is 1. The van der Waals surface area contributed by atoms with Crippen LogP contribution in [0.3, 0.4) is 0 Å². The summed E-state index contributed by atoms with van der Waals surface area (Å²) < 4.78 is 0. The Morgan fingerprint density at radius 1 is 0.531 bits per heavy atom. The number of aliphatic hydroxyl groups excluding tert-OH is 4. The maximum Gasteiger partial charge on any atom is 0.326 e. The molecule has 10 atom stereocenters. The van der Waals surface area contributed by atoms with E-state index in [9.17, 15) is 88.6 Å². The topological polar surface area (TPSA) is 566 Å². The first-order valence-electron chi connectivity index (χ1n) is 25.6. The van der Waals surface area contributed by atoms with E-state index in [1.165, 1.54) is 38.1 Å². The Kier molecular flexibility index (Phi) is 31.5. The predicted octanol–water partition coefficient (Wildman–Crippen LogP) is -8.06. The van der Waals surface area contributed by atoms with Crippen LogP contribution in [-0.2, 0) is 59.2 Å². The van der Waals surface area contributed by atoms with Crippen LogP contribution in [-0.4, -0.2) is 206 Å². The quantitative estimate of drug-likeness (QED) is 0.00967. The van der Waals surface area contributed by atoms with E-state index < -0.39 is 169 Å². The van der Waals surface area contributed by atoms with Gasteiger partial charge in [0.05, 0.1) is 32.3 Å². The van der Waals surface area contributed by atoms with E-state index in [1.54, 1.807) is 13.8 Å². The third kappa shape index (κ3) is 25.2. The summed E-state index contributed by atoms with van der Waals surface area (Å²) in [7, 11) is 0. The van der Waals surface area contributed by atoms with Gasteiger partial charge in [-0.2, -0.15) is 0 Å². The summed E-state index contributed by atoms with van der Waals surface area (Å²) in [6.45, 7) is 3.94. The van der Waals surface area contributed by atoms with Gasteiger partial charge in [-0.15, -0.1) is 0 Å². The van der Waals surface area contributed by atoms with Gasteiger partial charge in [0.15, 0.2) is 5.96 Å². The Balaban J connectivity index is 3.23. The average molecular weight is 1150 g/mol. The summed E-state index contributed by atoms with van der Waals surface area (Å²) in [4.78, 5) is 149. The molecule has 1 aromatic rings. The second kappa shape index (κ2) is 36.1. The van der Waals surface area contributed by atoms with Gasteiger partial charge in [-0.1, -0.05) is 45.0 Å². The summed E-state index contributed by atoms with van der Waals surface area (Å²) in [6.07, 6.45) is -2.44. The Bertz CT molecular complexity index is 2370. The van der Waals surface area contributed by atoms with Gasteiger partial charge in [0.25, 0.3) is 5.91 Å². The zero-order valence-corrected chi connectivity index (χ0v) is 45.5. The number of oxime groups is 1. The summed E-state index contributed by atoms with van der Waals surface area (Å²) in [5.74, 6) is -14.4. The van der Waals surface area contributed by atoms with Crippen molar-refractivity contribution in [2.45, 2.75) is 140 Å². The van der Waals surface area contributed by atoms with Gasteiger partial charge in [-0.05, 0) is 75.1 Å². The molecule has 24 N–H and O–H groups in total. The number of carbonyl (C=O) groups excluding carboxylic acids is 10. The summed E-state index contributed by atoms with van der Waals surface area (Å²) >= 11 is 0. The van der Waals surface area contributed by atoms with E-state index in [0.29, 0.717) is 12.0 Å². The van der Waals surface area contributed by atoms with Crippen LogP contribution in [0.2, 0.25) is 0 Å². The summed E-state index contributed by atoms with van der Waals surface area (Å²) in [5.41, 5.74) is 21.5. The zero-order valence-electron chi connectivity index (χ0n) is 45.5. The number of carbonyl (C=O) groups is 11. The number of guanidine groups is 1. The number of amides is 10. The van der Waals surface area contributed by atoms with E-state index >= 15 is 0 Å². The van der Waals surface area contributed by atoms with Crippen LogP contribution in [0.25, 0.3) is 0 Å². The zero-order chi connectivity index (χ0) is 61.7. The maximum absolute atomic E-state index is 13.9. The molecule has 454 valence electrons. The number of aliphatic carboxylic acids is 1. The maximum atomic E-state index is 13.9. The first kappa shape index (κ1) is 70.7. The van der Waals surface area contributed by atoms with Crippen molar-refractivity contribution in [3.63, 3.8) is 0 Å². The molecule has 0 fully saturated rings. The molecular weight excluding hydrogens is 1070 g/mol. The fourth-order valence-electron chi connectivity index (χ4n) is 7.29. The van der Waals surface area contributed by atoms with Crippen molar-refractivity contribution in [3.8, 4) is 5.75 Å². The number of carboxylic acid groups (broad SMARTS) is 1. The van der Waals surface area contributed by atoms with Crippen molar-refractivity contribution in [2.75, 3.05) is 32.9 Å². The fourth-order valence-corrected chi connectivity index (χ4v) is 7.29. The molecule has 0 aliphatic carbocycles. The number of carboxylic acids is 1. The molecule has 0 heterocycles. The SMILES string of the molecule is CC(C)[C@H](NC(=O)[C@H](CC(N)=O)NC(=O)[C@H](CCCCN)NC(=O)[C@H](CO)NC(=O)[C@H](CO)NC(=O)[C@H](CO)NC(=O)[C@@H](NC(=O)/C(Cc1ccc(O)cc1)=N/O)[C@@H](C)O)C(=O)N[C@H](C(=O)N[C@@H](CCCN=C(N)N)C(=O)O)C(C)C. The number of nitrogens with two attached hydrogens (primary N) is 4. The highest BCUT2D eigenvalue weighted by atomic mass is 16.4. The number of hydrogen-bond acceptors (Lipinski definition) is 20. The average Bonchev–Trinajstić information content (AvgIpc) is 3.40. The lowest BCUT2D eigenvalue weighted by molar-refractivity contribution is -0.143. The minimum atomic E-state index is -1.95. The summed E-state index contributed by atoms with van der Waals surface area (Å²) in [5, 5.41) is 92.5. The lowest BCUT2D eigenvalue weighted by Crippen LogP contribution is -2.62. The molecule has 33 nitrogen and oxygen atoms in total. The van der Waals surface area contributed by atoms with Gasteiger partial charge in [0, 0.05) is 13.0 Å². The molecule has 0 aliphatic rings. The molecule has 0 bridgehead atoms. The van der Waals surface area contributed by atoms with Crippen LogP contribution in [0.1, 0.15) is 78.7 Å². The monoisotopic (exact) mass is 1150 g/mol. The minimum Gasteiger partial charge on any atom is -0.508 e. The number of phenolic OH excluding ortho intramolecular Hbond substituents is 1. The van der Waals surface area contributed by atoms with Crippen LogP contribution < -0.4 is 70.8 Å². The van der Waals surface area contributed by atoms with Gasteiger partial charge in [0.2, 0.25) is 53.2 Å². The highest BCUT2D eigenvalue weighted by molar-refractivity contribution is 6.39. The van der Waals surface area contributed by atoms with Crippen LogP contribution >= 0.6 is 0 Å². The van der Waals surface area contributed by atoms with Gasteiger partial charge in [-0.3, -0.25) is 52.9 Å². The molecule has 0 saturated carbocycles. The van der Waals surface area contributed by atoms with Crippen molar-refractivity contribution in [3.05, 3.63) is 29.8 Å². The molecule has 0 unspecified atom stereocenters. The Hall–Kier alpha value is -8.27. The second-order valence-electron chi connectivity index (χ2n) is 19.2. The van der Waals surface area contributed by atoms with Gasteiger partial charge >= 0.3 is 5.97 Å². The molecular formula is C48H79N15O18. The molecule has 0 spiro atoms. The Morgan fingerprint density at radius 3 is 1.37 bits per heavy atom. The number of aliphatic imine (C=N–C) groups is 1. The smallest absolute Gasteiger partial charge is 0.326 e. The summed E-state index contributed by atoms with van der Waals surface area (Å²) in [6, 6.07) is -9.78. The molecule has 0 aliphatic heterocycles. The number of unbranched alkanes of at least 4 members (excludes halogenated alkanes) is 1. The molecule has 1 rings (SSSR count). The number of benzene rings is 1. The molecule has 81 heavy (non-hydrogen) atoms. The highest BCUT2D eigenvalue weighted by Gasteiger charge is 2.37. The van der Waals surface area contributed by atoms with Crippen LogP contribution in [0.4, 0.5) is 0 Å². The molecule has 0 radical (unpaired) electrons. The Morgan fingerprint density at radius 2 is 0.938 bits per heavy atom. The third-order valence-corrected chi connectivity index (χ3v) is 11.9. The van der Waals surface area contributed by atoms with Crippen molar-refractivity contribution >= 4 is 76.7 Å². The van der Waals surface area contributed by atoms with E-state index in [0.717, 1.165) is 6.92 Å². The fraction of sp³-hybridized carbons (Fsp3) is 0.604. The van der Waals surface area contributed by atoms with Gasteiger partial charge < -0.3 is 107 Å². The molecule has 33 heteroatoms. The number of nitrogens with one attached hydrogen (secondary N) is 9. The minimum absolute atomic E-state index is 0.0749. The number of aromatic hydroxyl groups is 1. The van der Waals surface area contributed by atoms with E-state index in [1.807, 2.05) is 5.32 Å². The molecule has 1 aromatic carbocycles. The van der Waals surface area contributed by atoms with Crippen molar-refractivity contribution in [1.82, 2.24) is 47.9 Å². The molecule has 0 saturated heterocycles. The standard InChI is InChI=1S/C48H79N15O18/c1-22(2)35(44(76)55-28(47(79)80)10-8-16-53-48(51)52)61-45(77)36(23(3)4)60-39(71)29(18-34(50)69)56-38(70)27(9-6-7-15-49)54-41(73)31(19-64)57-42(74)32(20-65)58-43(75)33(21-66)59-46(78)37(24(5)67)62-40(72)30(63-81)17-25-11-13-26(68)14-12-25/h11-14,22-24,27-29,31-33,35-37,64-68,81H,6-10,15-21,49H2,1-5H3,(H2,50,69)(H,54,73)(H,55,76)(H,56,70)(H,57,74)(H,58,75)(H,59,78)(H,60,71)(H,61,77)(H,62,72)(H,79,80)(H4,51,52,53)/b63-30+/t24-,27+,28+,29+,31+,32+,33+,35+,36+,37+/m1/s1. The number of aliphatic hydroxyl groups is 4. The number of rotatable bonds is 37. The normalized spacial score (nSPS) is 15.0. The number of nitrogens with zero attached hydrogens (tertiary/aromatic N) is 2. The Labute approximate surface area is 465 Å². The largest absolute Gasteiger partial charge is 0.508 e. The van der Waals surface area contributed by atoms with E-state index in [4.69, 9.17) is 22.9 Å². The van der Waals surface area contributed by atoms with Gasteiger partial charge in [0.1, 0.15) is 65.8 Å². The van der Waals surface area contributed by atoms with E-state index in [2.05, 4.69) is 52.7 Å². The lowest BCUT2D eigenvalue weighted by atomic mass is 9.98. The molecule has 0 aromatic heterocycles. The predicted molar refractivity (Wildman–Crippen MR) is 285 cm³/mol. The molecule has 10 amide bonds.